The van der Waals surface area contributed by atoms with E-state index < -0.39 is 34.9 Å². The third-order valence-corrected chi connectivity index (χ3v) is 3.37. The van der Waals surface area contributed by atoms with E-state index in [1.165, 1.54) is 4.90 Å². The summed E-state index contributed by atoms with van der Waals surface area (Å²) in [7, 11) is 0. The molecule has 1 amide bonds. The molecule has 0 aromatic heterocycles. The number of alkyl halides is 3. The van der Waals surface area contributed by atoms with E-state index in [0.29, 0.717) is 12.1 Å². The minimum atomic E-state index is -4.80. The maximum atomic E-state index is 13.6. The molecule has 1 aromatic carbocycles. The largest absolute Gasteiger partial charge is 0.444 e. The van der Waals surface area contributed by atoms with E-state index in [1.54, 1.807) is 20.8 Å². The van der Waals surface area contributed by atoms with Gasteiger partial charge in [-0.3, -0.25) is 0 Å². The predicted molar refractivity (Wildman–Crippen MR) is 73.1 cm³/mol. The van der Waals surface area contributed by atoms with Crippen molar-refractivity contribution in [1.29, 1.82) is 0 Å². The number of β-amino-alcohol motifs (C(OH)–C–C–N with tert-alkyl or cyclic N) is 1. The van der Waals surface area contributed by atoms with Crippen LogP contribution in [-0.2, 0) is 16.5 Å². The van der Waals surface area contributed by atoms with E-state index in [4.69, 9.17) is 4.74 Å². The second-order valence-corrected chi connectivity index (χ2v) is 6.56. The number of rotatable bonds is 1. The number of benzene rings is 1. The van der Waals surface area contributed by atoms with Gasteiger partial charge in [-0.05, 0) is 38.5 Å². The van der Waals surface area contributed by atoms with Gasteiger partial charge in [0.1, 0.15) is 17.0 Å². The van der Waals surface area contributed by atoms with Crippen LogP contribution in [0.1, 0.15) is 31.9 Å². The minimum absolute atomic E-state index is 0.0113. The number of carbonyl (C=O) groups excluding carboxylic acids is 1. The number of amides is 1. The SMILES string of the molecule is CC(C)(C)OC(=O)N1CC(O)(c2ccc(C(F)(F)F)c(F)c2)C1. The third-order valence-electron chi connectivity index (χ3n) is 3.37. The van der Waals surface area contributed by atoms with E-state index in [9.17, 15) is 27.5 Å². The lowest BCUT2D eigenvalue weighted by Gasteiger charge is -2.46. The summed E-state index contributed by atoms with van der Waals surface area (Å²) in [4.78, 5) is 13.0. The van der Waals surface area contributed by atoms with Gasteiger partial charge in [0, 0.05) is 0 Å². The van der Waals surface area contributed by atoms with E-state index in [0.717, 1.165) is 6.07 Å². The Morgan fingerprint density at radius 2 is 1.83 bits per heavy atom. The van der Waals surface area contributed by atoms with Gasteiger partial charge in [-0.1, -0.05) is 6.07 Å². The van der Waals surface area contributed by atoms with Gasteiger partial charge in [0.2, 0.25) is 0 Å². The minimum Gasteiger partial charge on any atom is -0.444 e. The molecule has 0 unspecified atom stereocenters. The molecule has 1 saturated heterocycles. The molecule has 1 heterocycles. The first-order valence-electron chi connectivity index (χ1n) is 6.89. The monoisotopic (exact) mass is 335 g/mol. The molecule has 4 nitrogen and oxygen atoms in total. The van der Waals surface area contributed by atoms with Gasteiger partial charge in [-0.25, -0.2) is 9.18 Å². The lowest BCUT2D eigenvalue weighted by Crippen LogP contribution is -2.61. The van der Waals surface area contributed by atoms with Crippen molar-refractivity contribution < 1.29 is 32.2 Å². The molecule has 0 atom stereocenters. The highest BCUT2D eigenvalue weighted by molar-refractivity contribution is 5.70. The molecule has 1 fully saturated rings. The number of ether oxygens (including phenoxy) is 1. The molecular formula is C15H17F4NO3. The summed E-state index contributed by atoms with van der Waals surface area (Å²) in [5.74, 6) is -1.46. The maximum Gasteiger partial charge on any atom is 0.419 e. The molecule has 1 aliphatic heterocycles. The second-order valence-electron chi connectivity index (χ2n) is 6.56. The summed E-state index contributed by atoms with van der Waals surface area (Å²) in [6.45, 7) is 4.70. The van der Waals surface area contributed by atoms with Gasteiger partial charge in [0.25, 0.3) is 0 Å². The molecule has 23 heavy (non-hydrogen) atoms. The fourth-order valence-electron chi connectivity index (χ4n) is 2.26. The van der Waals surface area contributed by atoms with Crippen molar-refractivity contribution in [3.8, 4) is 0 Å². The molecule has 0 radical (unpaired) electrons. The van der Waals surface area contributed by atoms with Crippen molar-refractivity contribution in [1.82, 2.24) is 4.90 Å². The molecular weight excluding hydrogens is 318 g/mol. The van der Waals surface area contributed by atoms with E-state index >= 15 is 0 Å². The number of hydrogen-bond donors (Lipinski definition) is 1. The standard InChI is InChI=1S/C15H17F4NO3/c1-13(2,3)23-12(21)20-7-14(22,8-20)9-4-5-10(11(16)6-9)15(17,18)19/h4-6,22H,7-8H2,1-3H3. The highest BCUT2D eigenvalue weighted by Crippen LogP contribution is 2.37. The van der Waals surface area contributed by atoms with Crippen LogP contribution < -0.4 is 0 Å². The number of halogens is 4. The molecule has 128 valence electrons. The van der Waals surface area contributed by atoms with Gasteiger partial charge in [-0.2, -0.15) is 13.2 Å². The molecule has 0 aliphatic carbocycles. The zero-order valence-corrected chi connectivity index (χ0v) is 12.9. The van der Waals surface area contributed by atoms with Gasteiger partial charge in [-0.15, -0.1) is 0 Å². The molecule has 0 saturated carbocycles. The van der Waals surface area contributed by atoms with E-state index in [1.807, 2.05) is 0 Å². The fourth-order valence-corrected chi connectivity index (χ4v) is 2.26. The first-order chi connectivity index (χ1) is 10.3. The van der Waals surface area contributed by atoms with Crippen LogP contribution in [0.3, 0.4) is 0 Å². The lowest BCUT2D eigenvalue weighted by molar-refractivity contribution is -0.140. The van der Waals surface area contributed by atoms with Crippen molar-refractivity contribution in [3.63, 3.8) is 0 Å². The Labute approximate surface area is 130 Å². The van der Waals surface area contributed by atoms with Gasteiger partial charge < -0.3 is 14.7 Å². The number of hydrogen-bond acceptors (Lipinski definition) is 3. The van der Waals surface area contributed by atoms with Crippen LogP contribution in [-0.4, -0.2) is 34.8 Å². The zero-order valence-electron chi connectivity index (χ0n) is 12.9. The third kappa shape index (κ3) is 3.74. The Morgan fingerprint density at radius 1 is 1.26 bits per heavy atom. The maximum absolute atomic E-state index is 13.6. The van der Waals surface area contributed by atoms with Crippen molar-refractivity contribution in [3.05, 3.63) is 35.1 Å². The van der Waals surface area contributed by atoms with Crippen molar-refractivity contribution >= 4 is 6.09 Å². The molecule has 1 aliphatic rings. The summed E-state index contributed by atoms with van der Waals surface area (Å²) in [5.41, 5.74) is -3.69. The van der Waals surface area contributed by atoms with Crippen LogP contribution in [0.4, 0.5) is 22.4 Å². The molecule has 1 N–H and O–H groups in total. The van der Waals surface area contributed by atoms with E-state index in [2.05, 4.69) is 0 Å². The lowest BCUT2D eigenvalue weighted by atomic mass is 9.86. The number of nitrogens with zero attached hydrogens (tertiary/aromatic N) is 1. The van der Waals surface area contributed by atoms with Crippen LogP contribution in [0.2, 0.25) is 0 Å². The van der Waals surface area contributed by atoms with Crippen LogP contribution in [0.25, 0.3) is 0 Å². The zero-order chi connectivity index (χ0) is 17.6. The Kier molecular flexibility index (Phi) is 4.09. The topological polar surface area (TPSA) is 49.8 Å². The second kappa shape index (κ2) is 5.36. The molecule has 1 aromatic rings. The van der Waals surface area contributed by atoms with Gasteiger partial charge in [0.15, 0.2) is 0 Å². The molecule has 0 bridgehead atoms. The highest BCUT2D eigenvalue weighted by Gasteiger charge is 2.47. The smallest absolute Gasteiger partial charge is 0.419 e. The van der Waals surface area contributed by atoms with Gasteiger partial charge >= 0.3 is 12.3 Å². The molecule has 0 spiro atoms. The number of carbonyl (C=O) groups is 1. The first kappa shape index (κ1) is 17.5. The van der Waals surface area contributed by atoms with Crippen LogP contribution in [0.15, 0.2) is 18.2 Å². The number of aliphatic hydroxyl groups is 1. The Balaban J connectivity index is 2.10. The fraction of sp³-hybridized carbons (Fsp3) is 0.533. The normalized spacial score (nSPS) is 17.7. The average Bonchev–Trinajstić information content (AvgIpc) is 2.30. The molecule has 8 heteroatoms. The summed E-state index contributed by atoms with van der Waals surface area (Å²) < 4.78 is 56.3. The van der Waals surface area contributed by atoms with Crippen molar-refractivity contribution in [2.24, 2.45) is 0 Å². The average molecular weight is 335 g/mol. The quantitative estimate of drug-likeness (QED) is 0.801. The number of likely N-dealkylation sites (tertiary alicyclic amines) is 1. The Bertz CT molecular complexity index is 616. The van der Waals surface area contributed by atoms with Crippen LogP contribution in [0.5, 0.6) is 0 Å². The summed E-state index contributed by atoms with van der Waals surface area (Å²) in [6, 6.07) is 2.24. The Hall–Kier alpha value is -1.83. The summed E-state index contributed by atoms with van der Waals surface area (Å²) >= 11 is 0. The van der Waals surface area contributed by atoms with E-state index in [-0.39, 0.29) is 18.7 Å². The van der Waals surface area contributed by atoms with Crippen molar-refractivity contribution in [2.75, 3.05) is 13.1 Å². The van der Waals surface area contributed by atoms with Crippen LogP contribution in [0, 0.1) is 5.82 Å². The summed E-state index contributed by atoms with van der Waals surface area (Å²) in [6.07, 6.45) is -5.44. The molecule has 2 rings (SSSR count). The highest BCUT2D eigenvalue weighted by atomic mass is 19.4. The predicted octanol–water partition coefficient (Wildman–Crippen LogP) is 3.28. The van der Waals surface area contributed by atoms with Crippen molar-refractivity contribution in [2.45, 2.75) is 38.1 Å². The Morgan fingerprint density at radius 3 is 2.26 bits per heavy atom. The summed E-state index contributed by atoms with van der Waals surface area (Å²) in [5, 5.41) is 10.3. The first-order valence-corrected chi connectivity index (χ1v) is 6.89. The van der Waals surface area contributed by atoms with Crippen LogP contribution >= 0.6 is 0 Å². The van der Waals surface area contributed by atoms with Gasteiger partial charge in [0.05, 0.1) is 18.7 Å².